The minimum absolute atomic E-state index is 0. The monoisotopic (exact) mass is 451 g/mol. The van der Waals surface area contributed by atoms with Crippen molar-refractivity contribution in [3.05, 3.63) is 28.7 Å². The summed E-state index contributed by atoms with van der Waals surface area (Å²) in [5.41, 5.74) is 8.13. The molecule has 3 aliphatic rings. The maximum absolute atomic E-state index is 12.1. The number of nitrogens with one attached hydrogen (secondary N) is 1. The molecule has 4 rings (SSSR count). The van der Waals surface area contributed by atoms with Crippen molar-refractivity contribution in [3.63, 3.8) is 0 Å². The molecule has 2 saturated heterocycles. The number of benzene rings is 1. The zero-order chi connectivity index (χ0) is 20.2. The van der Waals surface area contributed by atoms with Crippen LogP contribution in [-0.2, 0) is 4.79 Å². The normalized spacial score (nSPS) is 24.0. The van der Waals surface area contributed by atoms with Crippen molar-refractivity contribution in [1.29, 1.82) is 0 Å². The van der Waals surface area contributed by atoms with Gasteiger partial charge in [0.25, 0.3) is 11.1 Å². The fraction of sp³-hybridized carbons (Fsp3) is 0.545. The summed E-state index contributed by atoms with van der Waals surface area (Å²) in [4.78, 5) is 26.3. The number of thioether (sulfide) groups is 1. The van der Waals surface area contributed by atoms with Crippen molar-refractivity contribution in [2.24, 2.45) is 11.7 Å². The summed E-state index contributed by atoms with van der Waals surface area (Å²) in [6, 6.07) is 6.07. The summed E-state index contributed by atoms with van der Waals surface area (Å²) in [7, 11) is 0. The highest BCUT2D eigenvalue weighted by molar-refractivity contribution is 8.18. The lowest BCUT2D eigenvalue weighted by molar-refractivity contribution is -0.115. The lowest BCUT2D eigenvalue weighted by atomic mass is 9.90. The first kappa shape index (κ1) is 23.0. The molecule has 1 aromatic carbocycles. The first-order valence-electron chi connectivity index (χ1n) is 10.6. The number of hydrogen-bond donors (Lipinski definition) is 2. The van der Waals surface area contributed by atoms with Gasteiger partial charge in [-0.25, -0.2) is 0 Å². The Morgan fingerprint density at radius 1 is 1.17 bits per heavy atom. The van der Waals surface area contributed by atoms with Gasteiger partial charge in [0.05, 0.1) is 17.2 Å². The van der Waals surface area contributed by atoms with Gasteiger partial charge in [-0.15, -0.1) is 12.4 Å². The third-order valence-corrected chi connectivity index (χ3v) is 6.74. The van der Waals surface area contributed by atoms with Crippen LogP contribution in [0.15, 0.2) is 23.1 Å². The molecule has 0 bridgehead atoms. The number of anilines is 1. The van der Waals surface area contributed by atoms with E-state index in [0.717, 1.165) is 61.3 Å². The van der Waals surface area contributed by atoms with Gasteiger partial charge in [0.2, 0.25) is 0 Å². The third kappa shape index (κ3) is 5.50. The standard InChI is InChI=1S/C22H29N3O3S.ClH/c23-17-9-5-11-25(13-17)20-16(12-19-21(26)24-22(27)29-19)8-4-10-18(20)28-14-15-6-2-1-3-7-15;/h4,8,10,12,15,17H,1-3,5-7,9,11,13-14,23H2,(H,24,26,27);1H. The number of halogens is 1. The van der Waals surface area contributed by atoms with Gasteiger partial charge >= 0.3 is 0 Å². The van der Waals surface area contributed by atoms with E-state index in [1.807, 2.05) is 18.2 Å². The van der Waals surface area contributed by atoms with E-state index in [0.29, 0.717) is 10.8 Å². The molecule has 3 N–H and O–H groups in total. The van der Waals surface area contributed by atoms with Gasteiger partial charge in [0.15, 0.2) is 0 Å². The first-order valence-corrected chi connectivity index (χ1v) is 11.4. The average Bonchev–Trinajstić information content (AvgIpc) is 3.04. The van der Waals surface area contributed by atoms with Crippen LogP contribution in [-0.4, -0.2) is 36.9 Å². The molecule has 30 heavy (non-hydrogen) atoms. The van der Waals surface area contributed by atoms with Crippen molar-refractivity contribution < 1.29 is 14.3 Å². The Labute approximate surface area is 188 Å². The summed E-state index contributed by atoms with van der Waals surface area (Å²) in [5, 5.41) is 2.00. The van der Waals surface area contributed by atoms with Gasteiger partial charge in [0, 0.05) is 24.7 Å². The minimum atomic E-state index is -0.338. The van der Waals surface area contributed by atoms with Crippen molar-refractivity contribution in [2.75, 3.05) is 24.6 Å². The molecule has 1 atom stereocenters. The van der Waals surface area contributed by atoms with E-state index in [1.54, 1.807) is 6.08 Å². The van der Waals surface area contributed by atoms with E-state index in [1.165, 1.54) is 32.1 Å². The topological polar surface area (TPSA) is 84.7 Å². The van der Waals surface area contributed by atoms with Crippen molar-refractivity contribution in [3.8, 4) is 5.75 Å². The largest absolute Gasteiger partial charge is 0.491 e. The van der Waals surface area contributed by atoms with Gasteiger partial charge in [-0.05, 0) is 55.5 Å². The predicted molar refractivity (Wildman–Crippen MR) is 124 cm³/mol. The molecule has 2 aliphatic heterocycles. The lowest BCUT2D eigenvalue weighted by Gasteiger charge is -2.35. The zero-order valence-corrected chi connectivity index (χ0v) is 18.7. The molecular formula is C22H30ClN3O3S. The first-order chi connectivity index (χ1) is 14.1. The van der Waals surface area contributed by atoms with E-state index in [-0.39, 0.29) is 29.6 Å². The van der Waals surface area contributed by atoms with Crippen LogP contribution in [0.3, 0.4) is 0 Å². The molecule has 3 fully saturated rings. The Hall–Kier alpha value is -1.70. The highest BCUT2D eigenvalue weighted by atomic mass is 35.5. The molecule has 2 amide bonds. The molecule has 0 radical (unpaired) electrons. The van der Waals surface area contributed by atoms with Gasteiger partial charge in [-0.2, -0.15) is 0 Å². The van der Waals surface area contributed by atoms with Crippen molar-refractivity contribution >= 4 is 47.1 Å². The Morgan fingerprint density at radius 3 is 2.67 bits per heavy atom. The minimum Gasteiger partial charge on any atom is -0.491 e. The van der Waals surface area contributed by atoms with E-state index in [4.69, 9.17) is 10.5 Å². The Kier molecular flexibility index (Phi) is 8.08. The lowest BCUT2D eigenvalue weighted by Crippen LogP contribution is -2.43. The molecule has 1 unspecified atom stereocenters. The third-order valence-electron chi connectivity index (χ3n) is 5.93. The number of carbonyl (C=O) groups is 2. The second-order valence-electron chi connectivity index (χ2n) is 8.21. The molecule has 6 nitrogen and oxygen atoms in total. The second-order valence-corrected chi connectivity index (χ2v) is 9.22. The number of nitrogens with two attached hydrogens (primary N) is 1. The second kappa shape index (κ2) is 10.6. The fourth-order valence-electron chi connectivity index (χ4n) is 4.45. The number of amides is 2. The Morgan fingerprint density at radius 2 is 1.97 bits per heavy atom. The molecule has 1 aliphatic carbocycles. The van der Waals surface area contributed by atoms with Gasteiger partial charge in [0.1, 0.15) is 5.75 Å². The molecule has 164 valence electrons. The maximum Gasteiger partial charge on any atom is 0.290 e. The predicted octanol–water partition coefficient (Wildman–Crippen LogP) is 4.32. The summed E-state index contributed by atoms with van der Waals surface area (Å²) in [6.07, 6.45) is 10.2. The Bertz CT molecular complexity index is 811. The van der Waals surface area contributed by atoms with Crippen LogP contribution in [0.1, 0.15) is 50.5 Å². The number of rotatable bonds is 5. The SMILES string of the molecule is Cl.NC1CCCN(c2c(C=C3SC(=O)NC3=O)cccc2OCC2CCCCC2)C1. The number of ether oxygens (including phenoxy) is 1. The molecule has 8 heteroatoms. The molecular weight excluding hydrogens is 422 g/mol. The average molecular weight is 452 g/mol. The van der Waals surface area contributed by atoms with Crippen LogP contribution in [0.5, 0.6) is 5.75 Å². The number of carbonyl (C=O) groups excluding carboxylic acids is 2. The number of para-hydroxylation sites is 1. The van der Waals surface area contributed by atoms with Crippen LogP contribution in [0, 0.1) is 5.92 Å². The number of nitrogens with zero attached hydrogens (tertiary/aromatic N) is 1. The number of hydrogen-bond acceptors (Lipinski definition) is 6. The highest BCUT2D eigenvalue weighted by Gasteiger charge is 2.27. The van der Waals surface area contributed by atoms with E-state index >= 15 is 0 Å². The Balaban J connectivity index is 0.00000256. The van der Waals surface area contributed by atoms with Crippen LogP contribution in [0.4, 0.5) is 10.5 Å². The molecule has 2 heterocycles. The van der Waals surface area contributed by atoms with Crippen LogP contribution in [0.2, 0.25) is 0 Å². The van der Waals surface area contributed by atoms with Crippen molar-refractivity contribution in [2.45, 2.75) is 51.0 Å². The molecule has 0 aromatic heterocycles. The van der Waals surface area contributed by atoms with Gasteiger partial charge in [-0.3, -0.25) is 14.9 Å². The number of imide groups is 1. The van der Waals surface area contributed by atoms with Crippen LogP contribution < -0.4 is 20.7 Å². The fourth-order valence-corrected chi connectivity index (χ4v) is 5.12. The summed E-state index contributed by atoms with van der Waals surface area (Å²) in [5.74, 6) is 1.11. The van der Waals surface area contributed by atoms with Gasteiger partial charge in [-0.1, -0.05) is 31.4 Å². The van der Waals surface area contributed by atoms with E-state index in [2.05, 4.69) is 10.2 Å². The smallest absolute Gasteiger partial charge is 0.290 e. The van der Waals surface area contributed by atoms with E-state index < -0.39 is 0 Å². The van der Waals surface area contributed by atoms with Crippen molar-refractivity contribution in [1.82, 2.24) is 5.32 Å². The van der Waals surface area contributed by atoms with Crippen LogP contribution >= 0.6 is 24.2 Å². The molecule has 1 aromatic rings. The summed E-state index contributed by atoms with van der Waals surface area (Å²) in [6.45, 7) is 2.39. The quantitative estimate of drug-likeness (QED) is 0.648. The summed E-state index contributed by atoms with van der Waals surface area (Å²) < 4.78 is 6.33. The zero-order valence-electron chi connectivity index (χ0n) is 17.1. The maximum atomic E-state index is 12.1. The number of piperidine rings is 1. The molecule has 0 spiro atoms. The van der Waals surface area contributed by atoms with Crippen LogP contribution in [0.25, 0.3) is 6.08 Å². The summed E-state index contributed by atoms with van der Waals surface area (Å²) >= 11 is 0.944. The van der Waals surface area contributed by atoms with E-state index in [9.17, 15) is 9.59 Å². The van der Waals surface area contributed by atoms with Gasteiger partial charge < -0.3 is 15.4 Å². The molecule has 1 saturated carbocycles. The highest BCUT2D eigenvalue weighted by Crippen LogP contribution is 2.38.